The minimum absolute atomic E-state index is 0.213. The zero-order valence-electron chi connectivity index (χ0n) is 11.0. The molecule has 2 aromatic heterocycles. The molecule has 0 aliphatic rings. The van der Waals surface area contributed by atoms with Crippen LogP contribution in [0.4, 0.5) is 0 Å². The molecule has 6 heteroatoms. The molecule has 0 radical (unpaired) electrons. The average molecular weight is 270 g/mol. The SMILES string of the molecule is COC(OC)N(C)C.c1csc(-c2ccno2)c1. The van der Waals surface area contributed by atoms with Crippen molar-refractivity contribution in [2.75, 3.05) is 28.3 Å². The van der Waals surface area contributed by atoms with Crippen LogP contribution in [-0.2, 0) is 9.47 Å². The van der Waals surface area contributed by atoms with Gasteiger partial charge < -0.3 is 14.0 Å². The molecular formula is C12H18N2O3S. The molecule has 2 heterocycles. The maximum absolute atomic E-state index is 4.94. The predicted octanol–water partition coefficient (Wildman–Crippen LogP) is 2.53. The predicted molar refractivity (Wildman–Crippen MR) is 71.3 cm³/mol. The summed E-state index contributed by atoms with van der Waals surface area (Å²) in [5, 5.41) is 5.62. The fourth-order valence-corrected chi connectivity index (χ4v) is 1.96. The van der Waals surface area contributed by atoms with Crippen molar-refractivity contribution in [3.63, 3.8) is 0 Å². The van der Waals surface area contributed by atoms with Crippen LogP contribution < -0.4 is 0 Å². The normalized spacial score (nSPS) is 10.6. The van der Waals surface area contributed by atoms with E-state index in [1.807, 2.05) is 42.6 Å². The van der Waals surface area contributed by atoms with Crippen molar-refractivity contribution in [1.29, 1.82) is 0 Å². The van der Waals surface area contributed by atoms with Crippen LogP contribution in [0.3, 0.4) is 0 Å². The third-order valence-corrected chi connectivity index (χ3v) is 2.91. The van der Waals surface area contributed by atoms with E-state index in [4.69, 9.17) is 14.0 Å². The van der Waals surface area contributed by atoms with Gasteiger partial charge in [0, 0.05) is 20.3 Å². The summed E-state index contributed by atoms with van der Waals surface area (Å²) in [5.74, 6) is 0.843. The molecular weight excluding hydrogens is 252 g/mol. The number of rotatable bonds is 4. The highest BCUT2D eigenvalue weighted by Gasteiger charge is 2.04. The van der Waals surface area contributed by atoms with Gasteiger partial charge in [-0.1, -0.05) is 11.2 Å². The Hall–Kier alpha value is -1.21. The van der Waals surface area contributed by atoms with Crippen LogP contribution in [0.2, 0.25) is 0 Å². The first-order valence-corrected chi connectivity index (χ1v) is 6.23. The monoisotopic (exact) mass is 270 g/mol. The topological polar surface area (TPSA) is 47.7 Å². The molecule has 0 saturated carbocycles. The van der Waals surface area contributed by atoms with E-state index in [0.29, 0.717) is 0 Å². The number of thiophene rings is 1. The second-order valence-corrected chi connectivity index (χ2v) is 4.54. The molecule has 5 nitrogen and oxygen atoms in total. The Balaban J connectivity index is 0.000000187. The first-order chi connectivity index (χ1) is 8.69. The van der Waals surface area contributed by atoms with E-state index in [1.54, 1.807) is 31.8 Å². The molecule has 0 spiro atoms. The van der Waals surface area contributed by atoms with Crippen LogP contribution in [0, 0.1) is 0 Å². The van der Waals surface area contributed by atoms with Gasteiger partial charge >= 0.3 is 0 Å². The molecule has 0 aromatic carbocycles. The van der Waals surface area contributed by atoms with E-state index in [9.17, 15) is 0 Å². The maximum Gasteiger partial charge on any atom is 0.217 e. The average Bonchev–Trinajstić information content (AvgIpc) is 3.04. The highest BCUT2D eigenvalue weighted by molar-refractivity contribution is 7.13. The highest BCUT2D eigenvalue weighted by Crippen LogP contribution is 2.23. The second-order valence-electron chi connectivity index (χ2n) is 3.60. The fraction of sp³-hybridized carbons (Fsp3) is 0.417. The smallest absolute Gasteiger partial charge is 0.217 e. The molecule has 0 unspecified atom stereocenters. The van der Waals surface area contributed by atoms with Gasteiger partial charge in [0.1, 0.15) is 0 Å². The van der Waals surface area contributed by atoms with Gasteiger partial charge in [0.25, 0.3) is 0 Å². The van der Waals surface area contributed by atoms with Gasteiger partial charge in [0.15, 0.2) is 5.76 Å². The van der Waals surface area contributed by atoms with Gasteiger partial charge in [0.05, 0.1) is 11.1 Å². The van der Waals surface area contributed by atoms with Crippen molar-refractivity contribution >= 4 is 11.3 Å². The summed E-state index contributed by atoms with van der Waals surface area (Å²) in [5.41, 5.74) is 0. The number of hydrogen-bond donors (Lipinski definition) is 0. The maximum atomic E-state index is 4.94. The van der Waals surface area contributed by atoms with E-state index < -0.39 is 0 Å². The molecule has 0 atom stereocenters. The highest BCUT2D eigenvalue weighted by atomic mass is 32.1. The van der Waals surface area contributed by atoms with Crippen molar-refractivity contribution in [2.24, 2.45) is 0 Å². The molecule has 100 valence electrons. The Morgan fingerprint density at radius 1 is 1.28 bits per heavy atom. The lowest BCUT2D eigenvalue weighted by Gasteiger charge is -2.19. The number of hydrogen-bond acceptors (Lipinski definition) is 6. The van der Waals surface area contributed by atoms with Crippen LogP contribution in [0.25, 0.3) is 10.6 Å². The Morgan fingerprint density at radius 2 is 2.00 bits per heavy atom. The number of ether oxygens (including phenoxy) is 2. The zero-order chi connectivity index (χ0) is 13.4. The van der Waals surface area contributed by atoms with Crippen molar-refractivity contribution in [3.05, 3.63) is 29.8 Å². The van der Waals surface area contributed by atoms with Gasteiger partial charge in [-0.3, -0.25) is 4.90 Å². The van der Waals surface area contributed by atoms with Crippen molar-refractivity contribution in [3.8, 4) is 10.6 Å². The number of aromatic nitrogens is 1. The molecule has 2 aromatic rings. The van der Waals surface area contributed by atoms with Gasteiger partial charge in [-0.05, 0) is 25.5 Å². The van der Waals surface area contributed by atoms with E-state index in [-0.39, 0.29) is 6.41 Å². The van der Waals surface area contributed by atoms with Gasteiger partial charge in [-0.2, -0.15) is 0 Å². The summed E-state index contributed by atoms with van der Waals surface area (Å²) in [6.45, 7) is 0. The molecule has 0 aliphatic carbocycles. The molecule has 0 aliphatic heterocycles. The van der Waals surface area contributed by atoms with Gasteiger partial charge in [0.2, 0.25) is 6.41 Å². The Morgan fingerprint density at radius 3 is 2.33 bits per heavy atom. The van der Waals surface area contributed by atoms with Crippen LogP contribution >= 0.6 is 11.3 Å². The quantitative estimate of drug-likeness (QED) is 0.799. The minimum Gasteiger partial charge on any atom is -0.355 e. The summed E-state index contributed by atoms with van der Waals surface area (Å²) < 4.78 is 14.7. The summed E-state index contributed by atoms with van der Waals surface area (Å²) in [4.78, 5) is 2.96. The van der Waals surface area contributed by atoms with Crippen molar-refractivity contribution < 1.29 is 14.0 Å². The lowest BCUT2D eigenvalue weighted by Crippen LogP contribution is -2.30. The molecule has 0 fully saturated rings. The van der Waals surface area contributed by atoms with E-state index in [0.717, 1.165) is 10.6 Å². The molecule has 2 rings (SSSR count). The Kier molecular flexibility index (Phi) is 6.59. The van der Waals surface area contributed by atoms with Crippen LogP contribution in [-0.4, -0.2) is 44.8 Å². The second kappa shape index (κ2) is 7.99. The molecule has 0 saturated heterocycles. The minimum atomic E-state index is -0.213. The standard InChI is InChI=1S/C7H5NOS.C5H13NO2/c1-2-7(10-5-1)6-3-4-8-9-6;1-6(2)5(7-3)8-4/h1-5H;5H,1-4H3. The lowest BCUT2D eigenvalue weighted by molar-refractivity contribution is -0.179. The van der Waals surface area contributed by atoms with E-state index >= 15 is 0 Å². The zero-order valence-corrected chi connectivity index (χ0v) is 11.8. The van der Waals surface area contributed by atoms with Crippen LogP contribution in [0.1, 0.15) is 0 Å². The fourth-order valence-electron chi connectivity index (χ4n) is 1.28. The Labute approximate surface area is 111 Å². The first-order valence-electron chi connectivity index (χ1n) is 5.35. The van der Waals surface area contributed by atoms with Gasteiger partial charge in [-0.25, -0.2) is 0 Å². The summed E-state index contributed by atoms with van der Waals surface area (Å²) in [6.07, 6.45) is 1.43. The van der Waals surface area contributed by atoms with Gasteiger partial charge in [-0.15, -0.1) is 11.3 Å². The summed E-state index contributed by atoms with van der Waals surface area (Å²) in [7, 11) is 6.98. The largest absolute Gasteiger partial charge is 0.355 e. The number of nitrogens with zero attached hydrogens (tertiary/aromatic N) is 2. The number of methoxy groups -OCH3 is 2. The van der Waals surface area contributed by atoms with E-state index in [1.165, 1.54) is 0 Å². The first kappa shape index (κ1) is 14.8. The van der Waals surface area contributed by atoms with Crippen molar-refractivity contribution in [2.45, 2.75) is 6.41 Å². The van der Waals surface area contributed by atoms with Crippen LogP contribution in [0.5, 0.6) is 0 Å². The molecule has 0 N–H and O–H groups in total. The van der Waals surface area contributed by atoms with E-state index in [2.05, 4.69) is 5.16 Å². The molecule has 18 heavy (non-hydrogen) atoms. The van der Waals surface area contributed by atoms with Crippen LogP contribution in [0.15, 0.2) is 34.3 Å². The van der Waals surface area contributed by atoms with Crippen molar-refractivity contribution in [1.82, 2.24) is 10.1 Å². The third-order valence-electron chi connectivity index (χ3n) is 2.03. The molecule has 0 bridgehead atoms. The summed E-state index contributed by atoms with van der Waals surface area (Å²) in [6, 6.07) is 5.85. The lowest BCUT2D eigenvalue weighted by atomic mass is 10.4. The summed E-state index contributed by atoms with van der Waals surface area (Å²) >= 11 is 1.65. The molecule has 0 amide bonds. The third kappa shape index (κ3) is 4.58. The Bertz CT molecular complexity index is 365.